The second-order valence-corrected chi connectivity index (χ2v) is 4.31. The normalized spacial score (nSPS) is 12.9. The summed E-state index contributed by atoms with van der Waals surface area (Å²) in [7, 11) is 0. The number of hydrogen-bond acceptors (Lipinski definition) is 1. The quantitative estimate of drug-likeness (QED) is 0.830. The summed E-state index contributed by atoms with van der Waals surface area (Å²) in [5.74, 6) is -1.10. The van der Waals surface area contributed by atoms with Crippen LogP contribution in [0.25, 0.3) is 10.9 Å². The number of fused-ring (bicyclic) bond motifs is 1. The lowest BCUT2D eigenvalue weighted by atomic mass is 10.00. The van der Waals surface area contributed by atoms with Crippen LogP contribution in [0.1, 0.15) is 18.1 Å². The number of benzene rings is 1. The molecule has 0 saturated heterocycles. The second-order valence-electron chi connectivity index (χ2n) is 4.31. The summed E-state index contributed by atoms with van der Waals surface area (Å²) in [4.78, 5) is 14.0. The first-order valence-corrected chi connectivity index (χ1v) is 5.37. The minimum Gasteiger partial charge on any atom is -0.481 e. The molecule has 0 amide bonds. The highest BCUT2D eigenvalue weighted by Crippen LogP contribution is 2.22. The highest BCUT2D eigenvalue weighted by Gasteiger charge is 2.14. The van der Waals surface area contributed by atoms with Gasteiger partial charge in [0.15, 0.2) is 0 Å². The molecule has 1 aromatic heterocycles. The summed E-state index contributed by atoms with van der Waals surface area (Å²) in [6.07, 6.45) is 2.47. The van der Waals surface area contributed by atoms with Gasteiger partial charge in [-0.3, -0.25) is 4.79 Å². The van der Waals surface area contributed by atoms with E-state index in [0.29, 0.717) is 6.42 Å². The molecule has 84 valence electrons. The Balaban J connectivity index is 2.37. The number of carboxylic acid groups (broad SMARTS) is 1. The van der Waals surface area contributed by atoms with Gasteiger partial charge in [0, 0.05) is 17.1 Å². The molecule has 3 nitrogen and oxygen atoms in total. The Morgan fingerprint density at radius 1 is 1.50 bits per heavy atom. The molecule has 2 N–H and O–H groups in total. The molecule has 1 heterocycles. The Kier molecular flexibility index (Phi) is 2.69. The number of aromatic amines is 1. The highest BCUT2D eigenvalue weighted by molar-refractivity contribution is 5.84. The fourth-order valence-electron chi connectivity index (χ4n) is 1.88. The number of aliphatic carboxylic acids is 1. The van der Waals surface area contributed by atoms with Crippen molar-refractivity contribution in [2.24, 2.45) is 5.92 Å². The van der Waals surface area contributed by atoms with Gasteiger partial charge in [-0.05, 0) is 31.0 Å². The zero-order valence-electron chi connectivity index (χ0n) is 9.45. The van der Waals surface area contributed by atoms with Gasteiger partial charge in [-0.25, -0.2) is 0 Å². The lowest BCUT2D eigenvalue weighted by molar-refractivity contribution is -0.141. The Bertz CT molecular complexity index is 528. The van der Waals surface area contributed by atoms with E-state index in [1.165, 1.54) is 5.56 Å². The van der Waals surface area contributed by atoms with Gasteiger partial charge in [-0.2, -0.15) is 0 Å². The van der Waals surface area contributed by atoms with E-state index >= 15 is 0 Å². The molecule has 3 heteroatoms. The fourth-order valence-corrected chi connectivity index (χ4v) is 1.88. The van der Waals surface area contributed by atoms with Crippen molar-refractivity contribution in [3.05, 3.63) is 35.5 Å². The summed E-state index contributed by atoms with van der Waals surface area (Å²) in [6.45, 7) is 3.77. The fraction of sp³-hybridized carbons (Fsp3) is 0.308. The Morgan fingerprint density at radius 3 is 2.94 bits per heavy atom. The summed E-state index contributed by atoms with van der Waals surface area (Å²) in [5.41, 5.74) is 3.34. The van der Waals surface area contributed by atoms with Crippen LogP contribution in [0.5, 0.6) is 0 Å². The SMILES string of the molecule is Cc1ccc2[nH]cc(CC(C)C(=O)O)c2c1. The third-order valence-electron chi connectivity index (χ3n) is 2.87. The standard InChI is InChI=1S/C13H15NO2/c1-8-3-4-12-11(5-8)10(7-14-12)6-9(2)13(15)16/h3-5,7,9,14H,6H2,1-2H3,(H,15,16). The smallest absolute Gasteiger partial charge is 0.306 e. The minimum absolute atomic E-state index is 0.348. The molecule has 2 aromatic rings. The highest BCUT2D eigenvalue weighted by atomic mass is 16.4. The molecule has 1 unspecified atom stereocenters. The number of H-pyrrole nitrogens is 1. The first-order chi connectivity index (χ1) is 7.58. The predicted octanol–water partition coefficient (Wildman–Crippen LogP) is 2.74. The summed E-state index contributed by atoms with van der Waals surface area (Å²) in [6, 6.07) is 6.17. The number of rotatable bonds is 3. The summed E-state index contributed by atoms with van der Waals surface area (Å²) in [5, 5.41) is 10.0. The van der Waals surface area contributed by atoms with Gasteiger partial charge in [0.1, 0.15) is 0 Å². The molecule has 1 atom stereocenters. The molecule has 0 saturated carbocycles. The van der Waals surface area contributed by atoms with Crippen molar-refractivity contribution in [3.8, 4) is 0 Å². The molecule has 0 spiro atoms. The average Bonchev–Trinajstić information content (AvgIpc) is 2.61. The van der Waals surface area contributed by atoms with Gasteiger partial charge in [0.05, 0.1) is 5.92 Å². The van der Waals surface area contributed by atoms with Crippen molar-refractivity contribution >= 4 is 16.9 Å². The topological polar surface area (TPSA) is 53.1 Å². The number of hydrogen-bond donors (Lipinski definition) is 2. The van der Waals surface area contributed by atoms with E-state index in [1.807, 2.05) is 25.3 Å². The first-order valence-electron chi connectivity index (χ1n) is 5.37. The third-order valence-corrected chi connectivity index (χ3v) is 2.87. The van der Waals surface area contributed by atoms with E-state index in [0.717, 1.165) is 16.5 Å². The zero-order chi connectivity index (χ0) is 11.7. The van der Waals surface area contributed by atoms with Gasteiger partial charge in [-0.1, -0.05) is 18.6 Å². The molecular formula is C13H15NO2. The molecule has 0 bridgehead atoms. The van der Waals surface area contributed by atoms with Gasteiger partial charge >= 0.3 is 5.97 Å². The Hall–Kier alpha value is -1.77. The second kappa shape index (κ2) is 4.00. The van der Waals surface area contributed by atoms with Crippen LogP contribution < -0.4 is 0 Å². The Labute approximate surface area is 94.1 Å². The molecule has 0 aliphatic rings. The third kappa shape index (κ3) is 1.94. The predicted molar refractivity (Wildman–Crippen MR) is 63.5 cm³/mol. The average molecular weight is 217 g/mol. The van der Waals surface area contributed by atoms with Gasteiger partial charge in [0.25, 0.3) is 0 Å². The monoisotopic (exact) mass is 217 g/mol. The molecular weight excluding hydrogens is 202 g/mol. The van der Waals surface area contributed by atoms with Crippen LogP contribution in [0.2, 0.25) is 0 Å². The maximum atomic E-state index is 10.8. The van der Waals surface area contributed by atoms with Crippen molar-refractivity contribution in [1.29, 1.82) is 0 Å². The molecule has 0 aliphatic heterocycles. The maximum Gasteiger partial charge on any atom is 0.306 e. The molecule has 0 radical (unpaired) electrons. The summed E-state index contributed by atoms with van der Waals surface area (Å²) >= 11 is 0. The lowest BCUT2D eigenvalue weighted by Crippen LogP contribution is -2.11. The Morgan fingerprint density at radius 2 is 2.25 bits per heavy atom. The van der Waals surface area contributed by atoms with Crippen LogP contribution in [-0.4, -0.2) is 16.1 Å². The van der Waals surface area contributed by atoms with E-state index in [2.05, 4.69) is 11.1 Å². The van der Waals surface area contributed by atoms with E-state index in [1.54, 1.807) is 6.92 Å². The molecule has 0 aliphatic carbocycles. The number of nitrogens with one attached hydrogen (secondary N) is 1. The van der Waals surface area contributed by atoms with E-state index in [4.69, 9.17) is 5.11 Å². The van der Waals surface area contributed by atoms with Crippen molar-refractivity contribution in [1.82, 2.24) is 4.98 Å². The summed E-state index contributed by atoms with van der Waals surface area (Å²) < 4.78 is 0. The molecule has 1 aromatic carbocycles. The number of carbonyl (C=O) groups is 1. The maximum absolute atomic E-state index is 10.8. The van der Waals surface area contributed by atoms with Gasteiger partial charge in [-0.15, -0.1) is 0 Å². The van der Waals surface area contributed by atoms with Crippen LogP contribution in [0.4, 0.5) is 0 Å². The largest absolute Gasteiger partial charge is 0.481 e. The number of aromatic nitrogens is 1. The van der Waals surface area contributed by atoms with Crippen molar-refractivity contribution < 1.29 is 9.90 Å². The minimum atomic E-state index is -0.748. The van der Waals surface area contributed by atoms with Crippen LogP contribution >= 0.6 is 0 Å². The molecule has 0 fully saturated rings. The van der Waals surface area contributed by atoms with Crippen LogP contribution in [0.3, 0.4) is 0 Å². The molecule has 2 rings (SSSR count). The van der Waals surface area contributed by atoms with Crippen molar-refractivity contribution in [3.63, 3.8) is 0 Å². The molecule has 16 heavy (non-hydrogen) atoms. The first kappa shape index (κ1) is 10.7. The van der Waals surface area contributed by atoms with E-state index in [-0.39, 0.29) is 5.92 Å². The van der Waals surface area contributed by atoms with Crippen molar-refractivity contribution in [2.75, 3.05) is 0 Å². The van der Waals surface area contributed by atoms with E-state index < -0.39 is 5.97 Å². The van der Waals surface area contributed by atoms with E-state index in [9.17, 15) is 4.79 Å². The van der Waals surface area contributed by atoms with Crippen LogP contribution in [0, 0.1) is 12.8 Å². The number of aryl methyl sites for hydroxylation is 1. The van der Waals surface area contributed by atoms with Crippen LogP contribution in [-0.2, 0) is 11.2 Å². The van der Waals surface area contributed by atoms with Crippen LogP contribution in [0.15, 0.2) is 24.4 Å². The number of carboxylic acids is 1. The van der Waals surface area contributed by atoms with Gasteiger partial charge < -0.3 is 10.1 Å². The van der Waals surface area contributed by atoms with Crippen molar-refractivity contribution in [2.45, 2.75) is 20.3 Å². The van der Waals surface area contributed by atoms with Gasteiger partial charge in [0.2, 0.25) is 0 Å². The zero-order valence-corrected chi connectivity index (χ0v) is 9.45. The lowest BCUT2D eigenvalue weighted by Gasteiger charge is -2.04.